The van der Waals surface area contributed by atoms with Crippen LogP contribution < -0.4 is 14.4 Å². The Morgan fingerprint density at radius 2 is 1.92 bits per heavy atom. The minimum absolute atomic E-state index is 0.0364. The average molecular weight is 720 g/mol. The van der Waals surface area contributed by atoms with E-state index in [1.807, 2.05) is 18.2 Å². The number of fused-ring (bicyclic) bond motifs is 4. The monoisotopic (exact) mass is 719 g/mol. The third kappa shape index (κ3) is 7.08. The van der Waals surface area contributed by atoms with Crippen LogP contribution >= 0.6 is 11.6 Å². The number of hydrogen-bond acceptors (Lipinski definition) is 8. The molecule has 0 unspecified atom stereocenters. The fraction of sp³-hybridized carbons (Fsp3) is 0.583. The predicted molar refractivity (Wildman–Crippen MR) is 182 cm³/mol. The minimum Gasteiger partial charge on any atom is -0.490 e. The van der Waals surface area contributed by atoms with Gasteiger partial charge < -0.3 is 19.1 Å². The van der Waals surface area contributed by atoms with E-state index in [-0.39, 0.29) is 47.9 Å². The normalized spacial score (nSPS) is 31.2. The Balaban J connectivity index is 1.24. The molecule has 9 nitrogen and oxygen atoms in total. The summed E-state index contributed by atoms with van der Waals surface area (Å²) in [6.45, 7) is 5.01. The van der Waals surface area contributed by atoms with Gasteiger partial charge in [-0.1, -0.05) is 29.8 Å². The van der Waals surface area contributed by atoms with Crippen molar-refractivity contribution in [3.8, 4) is 5.75 Å². The van der Waals surface area contributed by atoms with Gasteiger partial charge in [0, 0.05) is 30.1 Å². The Hall–Kier alpha value is -2.77. The van der Waals surface area contributed by atoms with E-state index in [0.717, 1.165) is 32.1 Å². The van der Waals surface area contributed by atoms with Crippen LogP contribution in [0.25, 0.3) is 0 Å². The molecule has 1 saturated carbocycles. The molecule has 3 aliphatic heterocycles. The van der Waals surface area contributed by atoms with Crippen LogP contribution in [0.15, 0.2) is 53.4 Å². The number of nitrogens with zero attached hydrogens (tertiary/aromatic N) is 2. The summed E-state index contributed by atoms with van der Waals surface area (Å²) in [5.41, 5.74) is 1.28. The predicted octanol–water partition coefficient (Wildman–Crippen LogP) is 5.35. The molecule has 5 aliphatic rings. The number of halogens is 3. The van der Waals surface area contributed by atoms with Crippen molar-refractivity contribution in [2.75, 3.05) is 57.4 Å². The topological polar surface area (TPSA) is 97.4 Å². The number of sulfonamides is 1. The maximum atomic E-state index is 13.6. The summed E-state index contributed by atoms with van der Waals surface area (Å²) in [7, 11) is -4.24. The molecule has 2 aromatic carbocycles. The van der Waals surface area contributed by atoms with Crippen molar-refractivity contribution in [2.24, 2.45) is 11.8 Å². The highest BCUT2D eigenvalue weighted by Gasteiger charge is 2.46. The van der Waals surface area contributed by atoms with Gasteiger partial charge in [-0.3, -0.25) is 9.69 Å². The zero-order valence-electron chi connectivity index (χ0n) is 27.9. The van der Waals surface area contributed by atoms with E-state index in [4.69, 9.17) is 25.8 Å². The van der Waals surface area contributed by atoms with Crippen LogP contribution in [0, 0.1) is 11.8 Å². The van der Waals surface area contributed by atoms with E-state index < -0.39 is 27.5 Å². The van der Waals surface area contributed by atoms with E-state index in [9.17, 15) is 22.0 Å². The van der Waals surface area contributed by atoms with Crippen molar-refractivity contribution in [1.82, 2.24) is 9.62 Å². The lowest BCUT2D eigenvalue weighted by atomic mass is 9.68. The van der Waals surface area contributed by atoms with Gasteiger partial charge in [0.15, 0.2) is 0 Å². The van der Waals surface area contributed by atoms with Crippen LogP contribution in [0.4, 0.5) is 14.5 Å². The standard InChI is InChI=1S/C36H44ClF2N3O6S/c1-34(2)33(43)40-49(44,45)27-9-12-32-30(18-27)42(20-35(23-47-32)13-3-5-24-17-26(37)8-11-29(24)35)19-25-7-10-28(25)31(6-4-15-48-34)46-16-14-41-21-36(38,39)22-41/h4,6,8-9,11-12,17-18,25,28,31H,3,5,7,10,13-16,19-23H2,1-2H3,(H,40,43)/b6-4+/t25-,28+,31+,35-/m0/s1. The van der Waals surface area contributed by atoms with Crippen LogP contribution in [-0.4, -0.2) is 89.4 Å². The number of carbonyl (C=O) groups excluding carboxylic acids is 1. The zero-order valence-corrected chi connectivity index (χ0v) is 29.5. The summed E-state index contributed by atoms with van der Waals surface area (Å²) in [6.07, 6.45) is 8.15. The number of alkyl halides is 2. The Morgan fingerprint density at radius 1 is 1.10 bits per heavy atom. The van der Waals surface area contributed by atoms with Crippen molar-refractivity contribution in [1.29, 1.82) is 0 Å². The number of rotatable bonds is 4. The number of hydrogen-bond donors (Lipinski definition) is 1. The van der Waals surface area contributed by atoms with Crippen molar-refractivity contribution in [2.45, 2.75) is 73.9 Å². The van der Waals surface area contributed by atoms with Gasteiger partial charge in [0.2, 0.25) is 0 Å². The first-order valence-corrected chi connectivity index (χ1v) is 19.0. The lowest BCUT2D eigenvalue weighted by Gasteiger charge is -2.46. The molecule has 1 amide bonds. The summed E-state index contributed by atoms with van der Waals surface area (Å²) in [4.78, 5) is 17.1. The van der Waals surface area contributed by atoms with E-state index in [1.54, 1.807) is 23.1 Å². The molecule has 266 valence electrons. The Kier molecular flexibility index (Phi) is 9.26. The average Bonchev–Trinajstić information content (AvgIpc) is 3.16. The maximum Gasteiger partial charge on any atom is 0.272 e. The molecule has 3 heterocycles. The van der Waals surface area contributed by atoms with Crippen LogP contribution in [0.3, 0.4) is 0 Å². The number of amides is 1. The van der Waals surface area contributed by atoms with Crippen molar-refractivity contribution < 1.29 is 36.2 Å². The molecular weight excluding hydrogens is 676 g/mol. The highest BCUT2D eigenvalue weighted by Crippen LogP contribution is 2.47. The summed E-state index contributed by atoms with van der Waals surface area (Å²) >= 11 is 6.42. The van der Waals surface area contributed by atoms with E-state index in [0.29, 0.717) is 49.3 Å². The molecular formula is C36H44ClF2N3O6S. The molecule has 13 heteroatoms. The molecule has 1 saturated heterocycles. The molecule has 4 atom stereocenters. The molecule has 0 aromatic heterocycles. The summed E-state index contributed by atoms with van der Waals surface area (Å²) < 4.78 is 75.1. The molecule has 1 spiro atoms. The number of likely N-dealkylation sites (tertiary alicyclic amines) is 1. The molecule has 1 N–H and O–H groups in total. The maximum absolute atomic E-state index is 13.6. The fourth-order valence-electron chi connectivity index (χ4n) is 8.02. The molecule has 49 heavy (non-hydrogen) atoms. The molecule has 7 rings (SSSR count). The van der Waals surface area contributed by atoms with Crippen LogP contribution in [0.1, 0.15) is 50.7 Å². The second kappa shape index (κ2) is 13.1. The fourth-order valence-corrected chi connectivity index (χ4v) is 9.34. The van der Waals surface area contributed by atoms with Gasteiger partial charge >= 0.3 is 0 Å². The third-order valence-electron chi connectivity index (χ3n) is 10.9. The van der Waals surface area contributed by atoms with Crippen molar-refractivity contribution in [3.05, 3.63) is 64.7 Å². The van der Waals surface area contributed by atoms with E-state index in [1.165, 1.54) is 31.0 Å². The van der Waals surface area contributed by atoms with Crippen molar-refractivity contribution >= 4 is 33.2 Å². The Morgan fingerprint density at radius 3 is 2.67 bits per heavy atom. The zero-order chi connectivity index (χ0) is 34.6. The molecule has 2 aliphatic carbocycles. The van der Waals surface area contributed by atoms with Crippen molar-refractivity contribution in [3.63, 3.8) is 0 Å². The second-order valence-electron chi connectivity index (χ2n) is 14.8. The molecule has 2 fully saturated rings. The smallest absolute Gasteiger partial charge is 0.272 e. The Bertz CT molecular complexity index is 1730. The Labute approximate surface area is 291 Å². The largest absolute Gasteiger partial charge is 0.490 e. The molecule has 0 radical (unpaired) electrons. The van der Waals surface area contributed by atoms with Gasteiger partial charge in [0.1, 0.15) is 11.4 Å². The van der Waals surface area contributed by atoms with Gasteiger partial charge in [-0.25, -0.2) is 21.9 Å². The lowest BCUT2D eigenvalue weighted by Crippen LogP contribution is -2.57. The first kappa shape index (κ1) is 34.7. The summed E-state index contributed by atoms with van der Waals surface area (Å²) in [5, 5.41) is 0.698. The highest BCUT2D eigenvalue weighted by atomic mass is 35.5. The number of aryl methyl sites for hydroxylation is 1. The number of nitrogens with one attached hydrogen (secondary N) is 1. The summed E-state index contributed by atoms with van der Waals surface area (Å²) in [5.74, 6) is -2.48. The van der Waals surface area contributed by atoms with Gasteiger partial charge in [-0.05, 0) is 99.2 Å². The van der Waals surface area contributed by atoms with E-state index >= 15 is 0 Å². The first-order valence-electron chi connectivity index (χ1n) is 17.1. The summed E-state index contributed by atoms with van der Waals surface area (Å²) in [6, 6.07) is 10.8. The number of benzene rings is 2. The number of ether oxygens (including phenoxy) is 3. The van der Waals surface area contributed by atoms with Gasteiger partial charge in [-0.15, -0.1) is 0 Å². The highest BCUT2D eigenvalue weighted by molar-refractivity contribution is 7.90. The lowest BCUT2D eigenvalue weighted by molar-refractivity contribution is -0.139. The van der Waals surface area contributed by atoms with Crippen LogP contribution in [0.5, 0.6) is 5.75 Å². The third-order valence-corrected chi connectivity index (χ3v) is 12.5. The van der Waals surface area contributed by atoms with Gasteiger partial charge in [0.25, 0.3) is 21.9 Å². The first-order chi connectivity index (χ1) is 23.2. The number of carbonyl (C=O) groups is 1. The molecule has 2 bridgehead atoms. The van der Waals surface area contributed by atoms with Crippen LogP contribution in [0.2, 0.25) is 5.02 Å². The second-order valence-corrected chi connectivity index (χ2v) is 16.9. The quantitative estimate of drug-likeness (QED) is 0.423. The molecule has 2 aromatic rings. The SMILES string of the molecule is CC1(C)OC/C=C/[C@@H](OCCN2CC(F)(F)C2)[C@@H]2CC[C@H]2CN2C[C@@]3(CCCc4cc(Cl)ccc43)COc3ccc(cc32)S(=O)(=O)NC1=O. The van der Waals surface area contributed by atoms with Gasteiger partial charge in [-0.2, -0.15) is 0 Å². The van der Waals surface area contributed by atoms with E-state index in [2.05, 4.69) is 15.7 Å². The number of anilines is 1. The van der Waals surface area contributed by atoms with Crippen LogP contribution in [-0.2, 0) is 36.1 Å². The minimum atomic E-state index is -4.24. The van der Waals surface area contributed by atoms with Gasteiger partial charge in [0.05, 0.1) is 49.6 Å².